The van der Waals surface area contributed by atoms with Gasteiger partial charge in [-0.15, -0.1) is 0 Å². The van der Waals surface area contributed by atoms with Crippen LogP contribution in [0.15, 0.2) is 54.6 Å². The normalized spacial score (nSPS) is 23.1. The van der Waals surface area contributed by atoms with E-state index in [1.54, 1.807) is 18.2 Å². The quantitative estimate of drug-likeness (QED) is 0.518. The molecule has 8 heteroatoms. The SMILES string of the molecule is [CH3][Ge]1([c]2ccccc2)[O]C(C(F)(F)F)(C(F)(F)F)c2cccc[c]21. The molecular weight excluding hydrogens is 395 g/mol. The van der Waals surface area contributed by atoms with Gasteiger partial charge in [-0.3, -0.25) is 0 Å². The van der Waals surface area contributed by atoms with E-state index in [4.69, 9.17) is 3.76 Å². The molecule has 0 saturated heterocycles. The van der Waals surface area contributed by atoms with Crippen LogP contribution in [0.3, 0.4) is 0 Å². The topological polar surface area (TPSA) is 9.23 Å². The van der Waals surface area contributed by atoms with Crippen molar-refractivity contribution in [3.63, 3.8) is 0 Å². The summed E-state index contributed by atoms with van der Waals surface area (Å²) < 4.78 is 87.3. The van der Waals surface area contributed by atoms with Crippen LogP contribution in [0.4, 0.5) is 26.3 Å². The summed E-state index contributed by atoms with van der Waals surface area (Å²) in [5.41, 5.74) is -5.11. The number of benzene rings is 2. The summed E-state index contributed by atoms with van der Waals surface area (Å²) in [6, 6.07) is 12.7. The first-order valence-electron chi connectivity index (χ1n) is 7.03. The van der Waals surface area contributed by atoms with Crippen molar-refractivity contribution in [3.8, 4) is 0 Å². The molecule has 0 bridgehead atoms. The van der Waals surface area contributed by atoms with E-state index >= 15 is 0 Å². The van der Waals surface area contributed by atoms with Crippen LogP contribution in [0.1, 0.15) is 5.56 Å². The monoisotopic (exact) mass is 408 g/mol. The Hall–Kier alpha value is -1.48. The van der Waals surface area contributed by atoms with Crippen LogP contribution < -0.4 is 8.79 Å². The van der Waals surface area contributed by atoms with Gasteiger partial charge in [0.25, 0.3) is 0 Å². The standard InChI is InChI=1S/C16H12F6GeO/c1-23(11-7-3-2-4-8-11)13-10-6-5-9-12(13)14(24-23,15(17,18)19)16(20,21)22/h2-10H,1H3. The molecule has 0 fully saturated rings. The number of rotatable bonds is 1. The van der Waals surface area contributed by atoms with E-state index < -0.39 is 37.1 Å². The molecule has 0 radical (unpaired) electrons. The summed E-state index contributed by atoms with van der Waals surface area (Å²) in [5, 5.41) is 0. The summed E-state index contributed by atoms with van der Waals surface area (Å²) >= 11 is -4.31. The van der Waals surface area contributed by atoms with Gasteiger partial charge in [0.05, 0.1) is 0 Å². The van der Waals surface area contributed by atoms with Crippen molar-refractivity contribution in [1.29, 1.82) is 0 Å². The maximum absolute atomic E-state index is 13.6. The summed E-state index contributed by atoms with van der Waals surface area (Å²) in [4.78, 5) is 0. The molecule has 128 valence electrons. The van der Waals surface area contributed by atoms with Crippen LogP contribution in [-0.4, -0.2) is 26.0 Å². The molecule has 0 saturated carbocycles. The molecule has 0 amide bonds. The Morgan fingerprint density at radius 3 is 1.83 bits per heavy atom. The first kappa shape index (κ1) is 17.3. The second kappa shape index (κ2) is 5.26. The summed E-state index contributed by atoms with van der Waals surface area (Å²) in [5.74, 6) is 1.41. The average Bonchev–Trinajstić information content (AvgIpc) is 2.80. The number of halogens is 6. The molecule has 2 aromatic rings. The van der Waals surface area contributed by atoms with Crippen molar-refractivity contribution < 1.29 is 30.1 Å². The molecule has 1 nitrogen and oxygen atoms in total. The van der Waals surface area contributed by atoms with Gasteiger partial charge in [0.2, 0.25) is 0 Å². The van der Waals surface area contributed by atoms with Crippen molar-refractivity contribution in [3.05, 3.63) is 60.2 Å². The van der Waals surface area contributed by atoms with E-state index in [0.29, 0.717) is 4.40 Å². The maximum atomic E-state index is 13.6. The average molecular weight is 407 g/mol. The zero-order valence-electron chi connectivity index (χ0n) is 12.4. The second-order valence-corrected chi connectivity index (χ2v) is 12.8. The van der Waals surface area contributed by atoms with Crippen LogP contribution >= 0.6 is 0 Å². The van der Waals surface area contributed by atoms with Gasteiger partial charge in [-0.05, 0) is 0 Å². The zero-order chi connectivity index (χ0) is 17.8. The van der Waals surface area contributed by atoms with Gasteiger partial charge in [0.15, 0.2) is 0 Å². The first-order valence-corrected chi connectivity index (χ1v) is 12.1. The van der Waals surface area contributed by atoms with Crippen molar-refractivity contribution in [2.75, 3.05) is 0 Å². The predicted molar refractivity (Wildman–Crippen MR) is 78.6 cm³/mol. The van der Waals surface area contributed by atoms with Gasteiger partial charge in [0, 0.05) is 0 Å². The zero-order valence-corrected chi connectivity index (χ0v) is 14.5. The van der Waals surface area contributed by atoms with E-state index in [0.717, 1.165) is 6.07 Å². The Morgan fingerprint density at radius 2 is 1.29 bits per heavy atom. The molecule has 1 atom stereocenters. The molecule has 1 aliphatic heterocycles. The van der Waals surface area contributed by atoms with Gasteiger partial charge in [-0.1, -0.05) is 0 Å². The molecule has 1 unspecified atom stereocenters. The van der Waals surface area contributed by atoms with Crippen molar-refractivity contribution >= 4 is 22.4 Å². The molecule has 24 heavy (non-hydrogen) atoms. The van der Waals surface area contributed by atoms with Crippen molar-refractivity contribution in [1.82, 2.24) is 0 Å². The van der Waals surface area contributed by atoms with Crippen LogP contribution in [0.2, 0.25) is 5.76 Å². The summed E-state index contributed by atoms with van der Waals surface area (Å²) in [7, 11) is 0. The fraction of sp³-hybridized carbons (Fsp3) is 0.250. The van der Waals surface area contributed by atoms with Gasteiger partial charge in [-0.2, -0.15) is 0 Å². The van der Waals surface area contributed by atoms with E-state index in [1.807, 2.05) is 0 Å². The third-order valence-corrected chi connectivity index (χ3v) is 11.9. The summed E-state index contributed by atoms with van der Waals surface area (Å²) in [6.45, 7) is 0. The first-order chi connectivity index (χ1) is 11.0. The van der Waals surface area contributed by atoms with E-state index in [2.05, 4.69) is 0 Å². The Bertz CT molecular complexity index is 741. The molecular formula is C16H12F6GeO. The second-order valence-electron chi connectivity index (χ2n) is 5.72. The molecule has 0 spiro atoms. The van der Waals surface area contributed by atoms with Gasteiger partial charge >= 0.3 is 136 Å². The number of alkyl halides is 6. The van der Waals surface area contributed by atoms with E-state index in [1.165, 1.54) is 36.1 Å². The van der Waals surface area contributed by atoms with Crippen LogP contribution in [-0.2, 0) is 9.36 Å². The number of fused-ring (bicyclic) bond motifs is 1. The number of hydrogen-bond donors (Lipinski definition) is 0. The molecule has 2 aromatic carbocycles. The third-order valence-electron chi connectivity index (χ3n) is 4.30. The third kappa shape index (κ3) is 2.21. The Balaban J connectivity index is 2.34. The van der Waals surface area contributed by atoms with Crippen molar-refractivity contribution in [2.45, 2.75) is 23.7 Å². The van der Waals surface area contributed by atoms with Crippen LogP contribution in [0.5, 0.6) is 0 Å². The van der Waals surface area contributed by atoms with E-state index in [-0.39, 0.29) is 4.40 Å². The predicted octanol–water partition coefficient (Wildman–Crippen LogP) is 3.73. The summed E-state index contributed by atoms with van der Waals surface area (Å²) in [6.07, 6.45) is -11.2. The molecule has 0 aromatic heterocycles. The molecule has 0 aliphatic carbocycles. The fourth-order valence-electron chi connectivity index (χ4n) is 3.17. The van der Waals surface area contributed by atoms with Gasteiger partial charge in [0.1, 0.15) is 0 Å². The molecule has 3 rings (SSSR count). The minimum absolute atomic E-state index is 0.0401. The van der Waals surface area contributed by atoms with Crippen LogP contribution in [0.25, 0.3) is 0 Å². The molecule has 1 aliphatic rings. The van der Waals surface area contributed by atoms with Gasteiger partial charge in [-0.25, -0.2) is 0 Å². The molecule has 0 N–H and O–H groups in total. The Kier molecular flexibility index (Phi) is 3.80. The fourth-order valence-corrected chi connectivity index (χ4v) is 10.5. The van der Waals surface area contributed by atoms with Gasteiger partial charge < -0.3 is 0 Å². The molecule has 1 heterocycles. The number of hydrogen-bond acceptors (Lipinski definition) is 1. The Labute approximate surface area is 136 Å². The van der Waals surface area contributed by atoms with E-state index in [9.17, 15) is 26.3 Å². The minimum atomic E-state index is -5.61. The van der Waals surface area contributed by atoms with Crippen molar-refractivity contribution in [2.24, 2.45) is 0 Å². The van der Waals surface area contributed by atoms with Crippen LogP contribution in [0, 0.1) is 0 Å². The Morgan fingerprint density at radius 1 is 0.792 bits per heavy atom.